The molecule has 0 bridgehead atoms. The molecule has 0 N–H and O–H groups in total. The van der Waals surface area contributed by atoms with E-state index in [0.29, 0.717) is 0 Å². The largest absolute Gasteiger partial charge is 0.454 e. The average molecular weight is 276 g/mol. The van der Waals surface area contributed by atoms with Crippen molar-refractivity contribution in [1.29, 1.82) is 0 Å². The molecule has 3 aromatic rings. The van der Waals surface area contributed by atoms with Crippen molar-refractivity contribution in [3.05, 3.63) is 60.3 Å². The molecule has 0 spiro atoms. The van der Waals surface area contributed by atoms with Gasteiger partial charge in [-0.15, -0.1) is 0 Å². The van der Waals surface area contributed by atoms with Crippen LogP contribution in [0.25, 0.3) is 10.9 Å². The summed E-state index contributed by atoms with van der Waals surface area (Å²) in [6.07, 6.45) is 3.61. The number of ether oxygens (including phenoxy) is 2. The Bertz CT molecular complexity index is 838. The van der Waals surface area contributed by atoms with Gasteiger partial charge in [0, 0.05) is 17.8 Å². The van der Waals surface area contributed by atoms with Gasteiger partial charge in [0.15, 0.2) is 11.5 Å². The zero-order valence-corrected chi connectivity index (χ0v) is 11.2. The maximum Gasteiger partial charge on any atom is 0.231 e. The lowest BCUT2D eigenvalue weighted by molar-refractivity contribution is 0.174. The van der Waals surface area contributed by atoms with Crippen LogP contribution in [0.1, 0.15) is 5.56 Å². The van der Waals surface area contributed by atoms with Gasteiger partial charge in [0.2, 0.25) is 6.79 Å². The second-order valence-electron chi connectivity index (χ2n) is 4.72. The molecule has 0 unspecified atom stereocenters. The zero-order valence-electron chi connectivity index (χ0n) is 11.2. The van der Waals surface area contributed by atoms with Gasteiger partial charge in [-0.3, -0.25) is 9.98 Å². The minimum absolute atomic E-state index is 0.283. The van der Waals surface area contributed by atoms with E-state index >= 15 is 0 Å². The third-order valence-corrected chi connectivity index (χ3v) is 3.37. The number of hydrogen-bond donors (Lipinski definition) is 0. The molecule has 0 saturated carbocycles. The van der Waals surface area contributed by atoms with Gasteiger partial charge in [0.1, 0.15) is 0 Å². The van der Waals surface area contributed by atoms with E-state index in [1.165, 1.54) is 0 Å². The van der Waals surface area contributed by atoms with Crippen molar-refractivity contribution >= 4 is 22.8 Å². The summed E-state index contributed by atoms with van der Waals surface area (Å²) in [7, 11) is 0. The molecule has 4 rings (SSSR count). The van der Waals surface area contributed by atoms with E-state index in [1.807, 2.05) is 54.7 Å². The summed E-state index contributed by atoms with van der Waals surface area (Å²) >= 11 is 0. The monoisotopic (exact) mass is 276 g/mol. The van der Waals surface area contributed by atoms with Crippen LogP contribution in [0, 0.1) is 0 Å². The number of nitrogens with zero attached hydrogens (tertiary/aromatic N) is 2. The molecule has 102 valence electrons. The first-order valence-electron chi connectivity index (χ1n) is 6.68. The van der Waals surface area contributed by atoms with Crippen LogP contribution >= 0.6 is 0 Å². The van der Waals surface area contributed by atoms with Gasteiger partial charge in [-0.25, -0.2) is 0 Å². The molecule has 1 aromatic heterocycles. The fourth-order valence-corrected chi connectivity index (χ4v) is 2.34. The topological polar surface area (TPSA) is 43.7 Å². The molecule has 1 aliphatic rings. The normalized spacial score (nSPS) is 13.1. The van der Waals surface area contributed by atoms with Crippen LogP contribution in [-0.2, 0) is 0 Å². The van der Waals surface area contributed by atoms with E-state index < -0.39 is 0 Å². The first kappa shape index (κ1) is 11.9. The smallest absolute Gasteiger partial charge is 0.231 e. The molecular weight excluding hydrogens is 264 g/mol. The Balaban J connectivity index is 1.71. The zero-order chi connectivity index (χ0) is 14.1. The molecule has 21 heavy (non-hydrogen) atoms. The lowest BCUT2D eigenvalue weighted by Gasteiger charge is -2.01. The lowest BCUT2D eigenvalue weighted by Crippen LogP contribution is -1.92. The number of aromatic nitrogens is 1. The summed E-state index contributed by atoms with van der Waals surface area (Å²) in [4.78, 5) is 8.90. The van der Waals surface area contributed by atoms with Crippen molar-refractivity contribution in [3.63, 3.8) is 0 Å². The van der Waals surface area contributed by atoms with Gasteiger partial charge < -0.3 is 9.47 Å². The van der Waals surface area contributed by atoms with Gasteiger partial charge >= 0.3 is 0 Å². The molecule has 4 heteroatoms. The molecule has 1 aliphatic heterocycles. The molecule has 0 radical (unpaired) electrons. The molecule has 0 saturated heterocycles. The Kier molecular flexibility index (Phi) is 2.78. The van der Waals surface area contributed by atoms with Crippen molar-refractivity contribution in [2.45, 2.75) is 0 Å². The Hall–Kier alpha value is -2.88. The first-order chi connectivity index (χ1) is 10.4. The summed E-state index contributed by atoms with van der Waals surface area (Å²) in [6.45, 7) is 0.283. The molecule has 0 aliphatic carbocycles. The number of benzene rings is 2. The van der Waals surface area contributed by atoms with E-state index in [9.17, 15) is 0 Å². The van der Waals surface area contributed by atoms with Gasteiger partial charge in [-0.2, -0.15) is 0 Å². The van der Waals surface area contributed by atoms with Crippen molar-refractivity contribution < 1.29 is 9.47 Å². The molecule has 0 atom stereocenters. The highest BCUT2D eigenvalue weighted by Gasteiger charge is 2.12. The molecule has 0 fully saturated rings. The van der Waals surface area contributed by atoms with E-state index in [1.54, 1.807) is 6.20 Å². The second kappa shape index (κ2) is 4.90. The minimum atomic E-state index is 0.283. The van der Waals surface area contributed by atoms with Crippen molar-refractivity contribution in [3.8, 4) is 11.5 Å². The number of fused-ring (bicyclic) bond motifs is 2. The molecule has 2 aromatic carbocycles. The summed E-state index contributed by atoms with van der Waals surface area (Å²) in [5.74, 6) is 1.54. The van der Waals surface area contributed by atoms with Gasteiger partial charge in [0.25, 0.3) is 0 Å². The van der Waals surface area contributed by atoms with Crippen LogP contribution in [0.2, 0.25) is 0 Å². The lowest BCUT2D eigenvalue weighted by atomic mass is 10.2. The maximum absolute atomic E-state index is 5.37. The summed E-state index contributed by atoms with van der Waals surface area (Å²) < 4.78 is 10.7. The van der Waals surface area contributed by atoms with Crippen LogP contribution in [0.4, 0.5) is 5.69 Å². The minimum Gasteiger partial charge on any atom is -0.454 e. The van der Waals surface area contributed by atoms with Crippen molar-refractivity contribution in [2.75, 3.05) is 6.79 Å². The first-order valence-corrected chi connectivity index (χ1v) is 6.68. The van der Waals surface area contributed by atoms with Crippen LogP contribution in [0.5, 0.6) is 11.5 Å². The molecular formula is C17H12N2O2. The van der Waals surface area contributed by atoms with Crippen molar-refractivity contribution in [2.24, 2.45) is 4.99 Å². The Morgan fingerprint density at radius 3 is 2.95 bits per heavy atom. The van der Waals surface area contributed by atoms with Crippen LogP contribution < -0.4 is 9.47 Å². The maximum atomic E-state index is 5.37. The highest BCUT2D eigenvalue weighted by atomic mass is 16.7. The predicted molar refractivity (Wildman–Crippen MR) is 81.6 cm³/mol. The standard InChI is InChI=1S/C17H12N2O2/c1-4-14-13(3-2-8-18-14)15(5-1)19-10-12-6-7-16-17(9-12)21-11-20-16/h1-10H,11H2. The third kappa shape index (κ3) is 2.21. The summed E-state index contributed by atoms with van der Waals surface area (Å²) in [6, 6.07) is 15.6. The fraction of sp³-hybridized carbons (Fsp3) is 0.0588. The Morgan fingerprint density at radius 1 is 1.00 bits per heavy atom. The van der Waals surface area contributed by atoms with Gasteiger partial charge in [-0.1, -0.05) is 6.07 Å². The number of pyridine rings is 1. The quantitative estimate of drug-likeness (QED) is 0.670. The van der Waals surface area contributed by atoms with Crippen LogP contribution in [0.15, 0.2) is 59.7 Å². The number of aliphatic imine (C=N–C) groups is 1. The van der Waals surface area contributed by atoms with E-state index in [2.05, 4.69) is 9.98 Å². The summed E-state index contributed by atoms with van der Waals surface area (Å²) in [5, 5.41) is 1.04. The SMILES string of the molecule is C(=Nc1cccc2ncccc12)c1ccc2c(c1)OCO2. The van der Waals surface area contributed by atoms with E-state index in [-0.39, 0.29) is 6.79 Å². The summed E-state index contributed by atoms with van der Waals surface area (Å²) in [5.41, 5.74) is 2.82. The van der Waals surface area contributed by atoms with E-state index in [0.717, 1.165) is 33.7 Å². The highest BCUT2D eigenvalue weighted by Crippen LogP contribution is 2.32. The second-order valence-corrected chi connectivity index (χ2v) is 4.72. The molecule has 4 nitrogen and oxygen atoms in total. The fourth-order valence-electron chi connectivity index (χ4n) is 2.34. The molecule has 0 amide bonds. The average Bonchev–Trinajstić information content (AvgIpc) is 3.00. The predicted octanol–water partition coefficient (Wildman–Crippen LogP) is 3.71. The molecule has 2 heterocycles. The van der Waals surface area contributed by atoms with Gasteiger partial charge in [-0.05, 0) is 48.0 Å². The van der Waals surface area contributed by atoms with Crippen LogP contribution in [-0.4, -0.2) is 18.0 Å². The van der Waals surface area contributed by atoms with Crippen molar-refractivity contribution in [1.82, 2.24) is 4.98 Å². The Morgan fingerprint density at radius 2 is 1.95 bits per heavy atom. The highest BCUT2D eigenvalue weighted by molar-refractivity contribution is 5.93. The number of rotatable bonds is 2. The van der Waals surface area contributed by atoms with E-state index in [4.69, 9.17) is 9.47 Å². The van der Waals surface area contributed by atoms with Gasteiger partial charge in [0.05, 0.1) is 11.2 Å². The third-order valence-electron chi connectivity index (χ3n) is 3.37. The Labute approximate surface area is 121 Å². The number of hydrogen-bond acceptors (Lipinski definition) is 4. The van der Waals surface area contributed by atoms with Crippen LogP contribution in [0.3, 0.4) is 0 Å².